The van der Waals surface area contributed by atoms with Gasteiger partial charge in [0.15, 0.2) is 5.69 Å². The highest BCUT2D eigenvalue weighted by molar-refractivity contribution is 9.10. The third-order valence-electron chi connectivity index (χ3n) is 2.40. The number of hydrogen-bond donors (Lipinski definition) is 1. The summed E-state index contributed by atoms with van der Waals surface area (Å²) in [6.07, 6.45) is -2.95. The number of benzene rings is 1. The van der Waals surface area contributed by atoms with Crippen molar-refractivity contribution in [2.45, 2.75) is 13.0 Å². The van der Waals surface area contributed by atoms with Crippen molar-refractivity contribution in [3.8, 4) is 0 Å². The van der Waals surface area contributed by atoms with Crippen LogP contribution in [0.5, 0.6) is 0 Å². The summed E-state index contributed by atoms with van der Waals surface area (Å²) in [7, 11) is 0. The largest absolute Gasteiger partial charge is 0.476 e. The molecule has 0 aliphatic rings. The molecule has 0 aliphatic heterocycles. The average molecular weight is 332 g/mol. The Morgan fingerprint density at radius 1 is 1.47 bits per heavy atom. The van der Waals surface area contributed by atoms with Crippen molar-refractivity contribution in [2.24, 2.45) is 0 Å². The fraction of sp³-hybridized carbons (Fsp3) is 0.182. The van der Waals surface area contributed by atoms with E-state index < -0.39 is 23.8 Å². The fourth-order valence-electron chi connectivity index (χ4n) is 1.61. The number of hydrogen-bond acceptors (Lipinski definition) is 3. The topological polar surface area (TPSA) is 68.0 Å². The number of rotatable bonds is 4. The van der Waals surface area contributed by atoms with E-state index in [1.807, 2.05) is 0 Å². The Kier molecular flexibility index (Phi) is 3.89. The van der Waals surface area contributed by atoms with E-state index in [-0.39, 0.29) is 6.54 Å². The van der Waals surface area contributed by atoms with Crippen LogP contribution in [0.2, 0.25) is 0 Å². The lowest BCUT2D eigenvalue weighted by atomic mass is 10.2. The standard InChI is InChI=1S/C11H8BrF2N3O2/c12-7-3-1-2-6(4-7)5-17-9(10(13)14)8(11(18)19)15-16-17/h1-4,10H,5H2,(H,18,19). The zero-order valence-electron chi connectivity index (χ0n) is 9.42. The molecule has 1 aromatic heterocycles. The van der Waals surface area contributed by atoms with E-state index in [4.69, 9.17) is 5.11 Å². The van der Waals surface area contributed by atoms with Crippen molar-refractivity contribution >= 4 is 21.9 Å². The summed E-state index contributed by atoms with van der Waals surface area (Å²) in [5, 5.41) is 15.5. The summed E-state index contributed by atoms with van der Waals surface area (Å²) in [6.45, 7) is 0.0272. The average Bonchev–Trinajstić information content (AvgIpc) is 2.73. The van der Waals surface area contributed by atoms with Crippen molar-refractivity contribution in [3.05, 3.63) is 45.7 Å². The Morgan fingerprint density at radius 2 is 2.21 bits per heavy atom. The first kappa shape index (κ1) is 13.6. The maximum atomic E-state index is 12.9. The van der Waals surface area contributed by atoms with Crippen LogP contribution in [0.15, 0.2) is 28.7 Å². The molecule has 0 spiro atoms. The smallest absolute Gasteiger partial charge is 0.358 e. The van der Waals surface area contributed by atoms with Crippen LogP contribution in [0.3, 0.4) is 0 Å². The van der Waals surface area contributed by atoms with E-state index >= 15 is 0 Å². The molecule has 0 atom stereocenters. The lowest BCUT2D eigenvalue weighted by Gasteiger charge is -2.06. The minimum absolute atomic E-state index is 0.0272. The van der Waals surface area contributed by atoms with E-state index in [2.05, 4.69) is 26.2 Å². The van der Waals surface area contributed by atoms with Gasteiger partial charge in [0, 0.05) is 4.47 Å². The van der Waals surface area contributed by atoms with Crippen LogP contribution in [0, 0.1) is 0 Å². The molecule has 2 rings (SSSR count). The lowest BCUT2D eigenvalue weighted by molar-refractivity contribution is 0.0675. The van der Waals surface area contributed by atoms with E-state index in [1.165, 1.54) is 0 Å². The van der Waals surface area contributed by atoms with Gasteiger partial charge in [-0.25, -0.2) is 18.3 Å². The van der Waals surface area contributed by atoms with Crippen LogP contribution in [-0.4, -0.2) is 26.1 Å². The third kappa shape index (κ3) is 2.95. The summed E-state index contributed by atoms with van der Waals surface area (Å²) in [5.41, 5.74) is -0.699. The van der Waals surface area contributed by atoms with Crippen LogP contribution in [0.4, 0.5) is 8.78 Å². The van der Waals surface area contributed by atoms with Gasteiger partial charge in [0.1, 0.15) is 5.69 Å². The zero-order chi connectivity index (χ0) is 14.0. The van der Waals surface area contributed by atoms with Gasteiger partial charge in [-0.1, -0.05) is 33.3 Å². The number of nitrogens with zero attached hydrogens (tertiary/aromatic N) is 3. The van der Waals surface area contributed by atoms with Crippen LogP contribution < -0.4 is 0 Å². The minimum atomic E-state index is -2.95. The van der Waals surface area contributed by atoms with Gasteiger partial charge in [-0.2, -0.15) is 0 Å². The minimum Gasteiger partial charge on any atom is -0.476 e. The molecule has 19 heavy (non-hydrogen) atoms. The highest BCUT2D eigenvalue weighted by Gasteiger charge is 2.26. The first-order valence-electron chi connectivity index (χ1n) is 5.18. The predicted molar refractivity (Wildman–Crippen MR) is 65.2 cm³/mol. The van der Waals surface area contributed by atoms with Gasteiger partial charge < -0.3 is 5.11 Å². The van der Waals surface area contributed by atoms with Gasteiger partial charge in [-0.05, 0) is 17.7 Å². The molecule has 0 fully saturated rings. The third-order valence-corrected chi connectivity index (χ3v) is 2.90. The molecule has 0 aliphatic carbocycles. The van der Waals surface area contributed by atoms with Gasteiger partial charge in [-0.3, -0.25) is 0 Å². The molecule has 1 N–H and O–H groups in total. The Balaban J connectivity index is 2.38. The predicted octanol–water partition coefficient (Wildman–Crippen LogP) is 2.72. The van der Waals surface area contributed by atoms with Gasteiger partial charge in [0.25, 0.3) is 6.43 Å². The van der Waals surface area contributed by atoms with Crippen molar-refractivity contribution in [1.29, 1.82) is 0 Å². The highest BCUT2D eigenvalue weighted by Crippen LogP contribution is 2.22. The van der Waals surface area contributed by atoms with Gasteiger partial charge in [-0.15, -0.1) is 5.10 Å². The Morgan fingerprint density at radius 3 is 2.79 bits per heavy atom. The number of aromatic nitrogens is 3. The SMILES string of the molecule is O=C(O)c1nnn(Cc2cccc(Br)c2)c1C(F)F. The zero-order valence-corrected chi connectivity index (χ0v) is 11.0. The normalized spacial score (nSPS) is 10.9. The Hall–Kier alpha value is -1.83. The number of aromatic carboxylic acids is 1. The molecule has 1 heterocycles. The second-order valence-electron chi connectivity index (χ2n) is 3.72. The first-order chi connectivity index (χ1) is 8.99. The summed E-state index contributed by atoms with van der Waals surface area (Å²) < 4.78 is 27.5. The Bertz CT molecular complexity index is 616. The Labute approximate surface area is 115 Å². The molecule has 1 aromatic carbocycles. The molecule has 5 nitrogen and oxygen atoms in total. The van der Waals surface area contributed by atoms with Gasteiger partial charge in [0.05, 0.1) is 6.54 Å². The molecule has 0 unspecified atom stereocenters. The van der Waals surface area contributed by atoms with E-state index in [0.29, 0.717) is 5.56 Å². The molecule has 0 radical (unpaired) electrons. The monoisotopic (exact) mass is 331 g/mol. The summed E-state index contributed by atoms with van der Waals surface area (Å²) >= 11 is 3.26. The number of alkyl halides is 2. The molecule has 0 amide bonds. The quantitative estimate of drug-likeness (QED) is 0.935. The van der Waals surface area contributed by atoms with Crippen molar-refractivity contribution in [1.82, 2.24) is 15.0 Å². The first-order valence-corrected chi connectivity index (χ1v) is 5.97. The fourth-order valence-corrected chi connectivity index (χ4v) is 2.06. The number of carboxylic acids is 1. The van der Waals surface area contributed by atoms with Crippen molar-refractivity contribution in [3.63, 3.8) is 0 Å². The summed E-state index contributed by atoms with van der Waals surface area (Å²) in [6, 6.07) is 7.00. The van der Waals surface area contributed by atoms with Gasteiger partial charge >= 0.3 is 5.97 Å². The highest BCUT2D eigenvalue weighted by atomic mass is 79.9. The molecule has 8 heteroatoms. The van der Waals surface area contributed by atoms with E-state index in [1.54, 1.807) is 24.3 Å². The molecule has 2 aromatic rings. The van der Waals surface area contributed by atoms with E-state index in [9.17, 15) is 13.6 Å². The second-order valence-corrected chi connectivity index (χ2v) is 4.63. The van der Waals surface area contributed by atoms with Gasteiger partial charge in [0.2, 0.25) is 0 Å². The molecule has 0 saturated heterocycles. The van der Waals surface area contributed by atoms with Crippen LogP contribution in [0.25, 0.3) is 0 Å². The molecule has 0 bridgehead atoms. The van der Waals surface area contributed by atoms with Crippen LogP contribution >= 0.6 is 15.9 Å². The van der Waals surface area contributed by atoms with E-state index in [0.717, 1.165) is 9.15 Å². The number of halogens is 3. The number of carbonyl (C=O) groups is 1. The summed E-state index contributed by atoms with van der Waals surface area (Å²) in [4.78, 5) is 10.8. The molecular weight excluding hydrogens is 324 g/mol. The van der Waals surface area contributed by atoms with Crippen molar-refractivity contribution < 1.29 is 18.7 Å². The maximum absolute atomic E-state index is 12.9. The lowest BCUT2D eigenvalue weighted by Crippen LogP contribution is -2.09. The molecular formula is C11H8BrF2N3O2. The number of carboxylic acid groups (broad SMARTS) is 1. The molecule has 0 saturated carbocycles. The van der Waals surface area contributed by atoms with Crippen molar-refractivity contribution in [2.75, 3.05) is 0 Å². The van der Waals surface area contributed by atoms with Crippen LogP contribution in [0.1, 0.15) is 28.2 Å². The maximum Gasteiger partial charge on any atom is 0.358 e. The summed E-state index contributed by atoms with van der Waals surface area (Å²) in [5.74, 6) is -1.52. The van der Waals surface area contributed by atoms with Crippen LogP contribution in [-0.2, 0) is 6.54 Å². The molecule has 100 valence electrons. The second kappa shape index (κ2) is 5.43.